The second-order valence-corrected chi connectivity index (χ2v) is 4.54. The maximum atomic E-state index is 11.7. The number of rotatable bonds is 4. The van der Waals surface area contributed by atoms with Crippen LogP contribution < -0.4 is 5.32 Å². The third-order valence-electron chi connectivity index (χ3n) is 3.15. The normalized spacial score (nSPS) is 21.1. The van der Waals surface area contributed by atoms with Gasteiger partial charge in [-0.1, -0.05) is 30.3 Å². The van der Waals surface area contributed by atoms with Gasteiger partial charge in [0.1, 0.15) is 6.10 Å². The van der Waals surface area contributed by atoms with E-state index in [0.717, 1.165) is 24.9 Å². The summed E-state index contributed by atoms with van der Waals surface area (Å²) in [5, 5.41) is 3.30. The lowest BCUT2D eigenvalue weighted by atomic mass is 10.1. The molecule has 0 amide bonds. The Hall–Kier alpha value is -1.35. The smallest absolute Gasteiger partial charge is 0.307 e. The maximum absolute atomic E-state index is 11.7. The first kappa shape index (κ1) is 12.1. The molecule has 1 aliphatic rings. The Morgan fingerprint density at radius 2 is 2.24 bits per heavy atom. The number of carbonyl (C=O) groups is 1. The Labute approximate surface area is 102 Å². The minimum atomic E-state index is -0.162. The second kappa shape index (κ2) is 5.82. The molecule has 1 fully saturated rings. The van der Waals surface area contributed by atoms with Crippen molar-refractivity contribution >= 4 is 5.97 Å². The lowest BCUT2D eigenvalue weighted by molar-refractivity contribution is -0.149. The molecule has 0 aromatic heterocycles. The van der Waals surface area contributed by atoms with Crippen molar-refractivity contribution in [2.24, 2.45) is 0 Å². The fraction of sp³-hybridized carbons (Fsp3) is 0.500. The van der Waals surface area contributed by atoms with Crippen LogP contribution in [0.4, 0.5) is 0 Å². The number of ether oxygens (including phenoxy) is 1. The first-order valence-corrected chi connectivity index (χ1v) is 6.23. The summed E-state index contributed by atoms with van der Waals surface area (Å²) in [5.74, 6) is -0.110. The van der Waals surface area contributed by atoms with Crippen LogP contribution in [-0.2, 0) is 9.53 Å². The molecule has 1 aromatic carbocycles. The van der Waals surface area contributed by atoms with Gasteiger partial charge < -0.3 is 10.1 Å². The van der Waals surface area contributed by atoms with Crippen molar-refractivity contribution in [1.82, 2.24) is 5.32 Å². The van der Waals surface area contributed by atoms with Gasteiger partial charge in [0.15, 0.2) is 0 Å². The van der Waals surface area contributed by atoms with Crippen LogP contribution in [0.15, 0.2) is 30.3 Å². The van der Waals surface area contributed by atoms with Crippen LogP contribution in [0.1, 0.15) is 37.9 Å². The number of carbonyl (C=O) groups excluding carboxylic acids is 1. The second-order valence-electron chi connectivity index (χ2n) is 4.54. The first-order chi connectivity index (χ1) is 8.25. The third kappa shape index (κ3) is 3.56. The summed E-state index contributed by atoms with van der Waals surface area (Å²) in [7, 11) is 0. The topological polar surface area (TPSA) is 38.3 Å². The molecule has 0 saturated carbocycles. The number of nitrogens with one attached hydrogen (secondary N) is 1. The minimum absolute atomic E-state index is 0.110. The summed E-state index contributed by atoms with van der Waals surface area (Å²) in [6, 6.07) is 10.1. The van der Waals surface area contributed by atoms with Gasteiger partial charge in [0.05, 0.1) is 6.42 Å². The Morgan fingerprint density at radius 1 is 1.47 bits per heavy atom. The summed E-state index contributed by atoms with van der Waals surface area (Å²) in [4.78, 5) is 11.7. The van der Waals surface area contributed by atoms with E-state index in [2.05, 4.69) is 5.32 Å². The zero-order valence-electron chi connectivity index (χ0n) is 10.2. The van der Waals surface area contributed by atoms with E-state index in [0.29, 0.717) is 12.5 Å². The molecule has 1 N–H and O–H groups in total. The van der Waals surface area contributed by atoms with Crippen LogP contribution >= 0.6 is 0 Å². The van der Waals surface area contributed by atoms with E-state index in [9.17, 15) is 4.79 Å². The van der Waals surface area contributed by atoms with Crippen LogP contribution in [-0.4, -0.2) is 18.6 Å². The lowest BCUT2D eigenvalue weighted by Crippen LogP contribution is -2.25. The highest BCUT2D eigenvalue weighted by molar-refractivity contribution is 5.70. The molecule has 92 valence electrons. The highest BCUT2D eigenvalue weighted by Crippen LogP contribution is 2.18. The molecule has 1 heterocycles. The van der Waals surface area contributed by atoms with Gasteiger partial charge in [0, 0.05) is 6.04 Å². The monoisotopic (exact) mass is 233 g/mol. The molecule has 3 heteroatoms. The summed E-state index contributed by atoms with van der Waals surface area (Å²) >= 11 is 0. The van der Waals surface area contributed by atoms with Crippen molar-refractivity contribution in [1.29, 1.82) is 0 Å². The van der Waals surface area contributed by atoms with Crippen molar-refractivity contribution in [3.63, 3.8) is 0 Å². The van der Waals surface area contributed by atoms with Gasteiger partial charge in [-0.15, -0.1) is 0 Å². The van der Waals surface area contributed by atoms with E-state index in [-0.39, 0.29) is 12.1 Å². The van der Waals surface area contributed by atoms with Gasteiger partial charge in [-0.25, -0.2) is 0 Å². The SMILES string of the molecule is CC(OC(=O)CC1CCCN1)c1ccccc1. The summed E-state index contributed by atoms with van der Waals surface area (Å²) < 4.78 is 5.42. The van der Waals surface area contributed by atoms with E-state index in [1.807, 2.05) is 37.3 Å². The molecule has 17 heavy (non-hydrogen) atoms. The number of benzene rings is 1. The van der Waals surface area contributed by atoms with Crippen LogP contribution in [0.3, 0.4) is 0 Å². The largest absolute Gasteiger partial charge is 0.458 e. The average Bonchev–Trinajstić information content (AvgIpc) is 2.82. The molecular weight excluding hydrogens is 214 g/mol. The Morgan fingerprint density at radius 3 is 2.88 bits per heavy atom. The molecule has 1 saturated heterocycles. The molecule has 1 aromatic rings. The highest BCUT2D eigenvalue weighted by atomic mass is 16.5. The molecule has 0 aliphatic carbocycles. The summed E-state index contributed by atoms with van der Waals surface area (Å²) in [5.41, 5.74) is 1.04. The van der Waals surface area contributed by atoms with Gasteiger partial charge in [-0.3, -0.25) is 4.79 Å². The maximum Gasteiger partial charge on any atom is 0.307 e. The van der Waals surface area contributed by atoms with Crippen LogP contribution in [0.25, 0.3) is 0 Å². The Balaban J connectivity index is 1.81. The van der Waals surface area contributed by atoms with Gasteiger partial charge in [-0.2, -0.15) is 0 Å². The fourth-order valence-electron chi connectivity index (χ4n) is 2.17. The lowest BCUT2D eigenvalue weighted by Gasteiger charge is -2.15. The minimum Gasteiger partial charge on any atom is -0.458 e. The number of hydrogen-bond acceptors (Lipinski definition) is 3. The summed E-state index contributed by atoms with van der Waals surface area (Å²) in [6.45, 7) is 2.93. The quantitative estimate of drug-likeness (QED) is 0.812. The molecule has 1 aliphatic heterocycles. The average molecular weight is 233 g/mol. The highest BCUT2D eigenvalue weighted by Gasteiger charge is 2.20. The van der Waals surface area contributed by atoms with Crippen molar-refractivity contribution in [3.05, 3.63) is 35.9 Å². The molecule has 3 nitrogen and oxygen atoms in total. The predicted molar refractivity (Wildman–Crippen MR) is 66.6 cm³/mol. The van der Waals surface area contributed by atoms with Crippen LogP contribution in [0.2, 0.25) is 0 Å². The van der Waals surface area contributed by atoms with E-state index < -0.39 is 0 Å². The van der Waals surface area contributed by atoms with Gasteiger partial charge in [0.2, 0.25) is 0 Å². The molecule has 0 spiro atoms. The number of hydrogen-bond donors (Lipinski definition) is 1. The predicted octanol–water partition coefficient (Wildman–Crippen LogP) is 2.43. The van der Waals surface area contributed by atoms with Crippen molar-refractivity contribution in [2.45, 2.75) is 38.3 Å². The van der Waals surface area contributed by atoms with Crippen molar-refractivity contribution in [2.75, 3.05) is 6.54 Å². The molecule has 2 atom stereocenters. The molecule has 0 bridgehead atoms. The van der Waals surface area contributed by atoms with Crippen LogP contribution in [0, 0.1) is 0 Å². The Kier molecular flexibility index (Phi) is 4.15. The van der Waals surface area contributed by atoms with E-state index in [1.54, 1.807) is 0 Å². The van der Waals surface area contributed by atoms with Gasteiger partial charge >= 0.3 is 5.97 Å². The zero-order valence-corrected chi connectivity index (χ0v) is 10.2. The van der Waals surface area contributed by atoms with Gasteiger partial charge in [-0.05, 0) is 31.9 Å². The standard InChI is InChI=1S/C14H19NO2/c1-11(12-6-3-2-4-7-12)17-14(16)10-13-8-5-9-15-13/h2-4,6-7,11,13,15H,5,8-10H2,1H3. The Bertz CT molecular complexity index is 358. The number of esters is 1. The molecular formula is C14H19NO2. The van der Waals surface area contributed by atoms with Crippen molar-refractivity contribution < 1.29 is 9.53 Å². The summed E-state index contributed by atoms with van der Waals surface area (Å²) in [6.07, 6.45) is 2.56. The zero-order chi connectivity index (χ0) is 12.1. The van der Waals surface area contributed by atoms with E-state index in [4.69, 9.17) is 4.74 Å². The third-order valence-corrected chi connectivity index (χ3v) is 3.15. The first-order valence-electron chi connectivity index (χ1n) is 6.23. The van der Waals surface area contributed by atoms with Crippen LogP contribution in [0.5, 0.6) is 0 Å². The molecule has 2 rings (SSSR count). The molecule has 0 radical (unpaired) electrons. The van der Waals surface area contributed by atoms with Crippen molar-refractivity contribution in [3.8, 4) is 0 Å². The van der Waals surface area contributed by atoms with Gasteiger partial charge in [0.25, 0.3) is 0 Å². The van der Waals surface area contributed by atoms with E-state index >= 15 is 0 Å². The fourth-order valence-corrected chi connectivity index (χ4v) is 2.17. The van der Waals surface area contributed by atoms with E-state index in [1.165, 1.54) is 0 Å². The molecule has 2 unspecified atom stereocenters.